The van der Waals surface area contributed by atoms with Crippen molar-refractivity contribution in [1.82, 2.24) is 4.57 Å². The van der Waals surface area contributed by atoms with E-state index in [2.05, 4.69) is 0 Å². The number of rotatable bonds is 2. The standard InChI is InChI=1S/C20H16N2O5/c23-18(20(26)27)22-16-11-21(12-5-2-1-3-6-12)10-9-13(16)14-7-4-8-15(17(14)22)19(24)25/h1-8H,9-11H2,(H,24,25)(H,26,27). The molecule has 0 unspecified atom stereocenters. The SMILES string of the molecule is O=C(O)C(=O)n1c2c(c3cccc(C(=O)O)c31)CCN(c1ccccc1)C2. The molecule has 2 heterocycles. The first kappa shape index (κ1) is 16.8. The van der Waals surface area contributed by atoms with Crippen LogP contribution in [0.1, 0.15) is 26.4 Å². The number of carbonyl (C=O) groups is 3. The Morgan fingerprint density at radius 3 is 2.33 bits per heavy atom. The molecule has 0 saturated carbocycles. The molecule has 7 nitrogen and oxygen atoms in total. The minimum absolute atomic E-state index is 0.0808. The van der Waals surface area contributed by atoms with Crippen molar-refractivity contribution < 1.29 is 24.6 Å². The van der Waals surface area contributed by atoms with Gasteiger partial charge in [-0.15, -0.1) is 0 Å². The number of carboxylic acids is 2. The van der Waals surface area contributed by atoms with E-state index in [4.69, 9.17) is 0 Å². The maximum Gasteiger partial charge on any atom is 0.395 e. The van der Waals surface area contributed by atoms with E-state index in [9.17, 15) is 24.6 Å². The monoisotopic (exact) mass is 364 g/mol. The Labute approximate surface area is 154 Å². The van der Waals surface area contributed by atoms with Crippen molar-refractivity contribution >= 4 is 34.4 Å². The molecule has 0 fully saturated rings. The van der Waals surface area contributed by atoms with Crippen LogP contribution in [0.5, 0.6) is 0 Å². The number of carbonyl (C=O) groups excluding carboxylic acids is 1. The molecule has 2 aromatic carbocycles. The third kappa shape index (κ3) is 2.64. The lowest BCUT2D eigenvalue weighted by molar-refractivity contribution is -0.132. The molecule has 27 heavy (non-hydrogen) atoms. The fraction of sp³-hybridized carbons (Fsp3) is 0.150. The van der Waals surface area contributed by atoms with Crippen LogP contribution in [0, 0.1) is 0 Å². The fourth-order valence-corrected chi connectivity index (χ4v) is 3.76. The number of nitrogens with zero attached hydrogens (tertiary/aromatic N) is 2. The number of aliphatic carboxylic acids is 1. The molecule has 0 radical (unpaired) electrons. The molecule has 0 aliphatic carbocycles. The Morgan fingerprint density at radius 1 is 0.926 bits per heavy atom. The second-order valence-corrected chi connectivity index (χ2v) is 6.38. The van der Waals surface area contributed by atoms with Gasteiger partial charge in [0, 0.05) is 23.3 Å². The number of benzene rings is 2. The second kappa shape index (κ2) is 6.28. The number of para-hydroxylation sites is 2. The van der Waals surface area contributed by atoms with E-state index >= 15 is 0 Å². The molecule has 1 aliphatic rings. The zero-order chi connectivity index (χ0) is 19.1. The van der Waals surface area contributed by atoms with E-state index in [1.807, 2.05) is 35.2 Å². The normalized spacial score (nSPS) is 13.4. The van der Waals surface area contributed by atoms with Crippen LogP contribution < -0.4 is 4.90 Å². The maximum atomic E-state index is 12.5. The maximum absolute atomic E-state index is 12.5. The topological polar surface area (TPSA) is 99.8 Å². The van der Waals surface area contributed by atoms with Crippen LogP contribution in [-0.2, 0) is 17.8 Å². The van der Waals surface area contributed by atoms with Crippen LogP contribution in [0.2, 0.25) is 0 Å². The molecule has 1 aromatic heterocycles. The lowest BCUT2D eigenvalue weighted by Gasteiger charge is -2.30. The smallest absolute Gasteiger partial charge is 0.395 e. The number of carboxylic acid groups (broad SMARTS) is 2. The summed E-state index contributed by atoms with van der Waals surface area (Å²) < 4.78 is 1.06. The number of anilines is 1. The Bertz CT molecular complexity index is 1080. The van der Waals surface area contributed by atoms with Crippen LogP contribution in [0.25, 0.3) is 10.9 Å². The van der Waals surface area contributed by atoms with E-state index in [-0.39, 0.29) is 11.1 Å². The van der Waals surface area contributed by atoms with Crippen LogP contribution in [0.15, 0.2) is 48.5 Å². The summed E-state index contributed by atoms with van der Waals surface area (Å²) in [5.41, 5.74) is 2.39. The van der Waals surface area contributed by atoms with E-state index in [1.165, 1.54) is 6.07 Å². The summed E-state index contributed by atoms with van der Waals surface area (Å²) in [5, 5.41) is 19.5. The lowest BCUT2D eigenvalue weighted by atomic mass is 10.0. The highest BCUT2D eigenvalue weighted by Crippen LogP contribution is 2.34. The third-order valence-corrected chi connectivity index (χ3v) is 4.91. The van der Waals surface area contributed by atoms with Gasteiger partial charge in [-0.25, -0.2) is 9.59 Å². The molecule has 136 valence electrons. The highest BCUT2D eigenvalue weighted by Gasteiger charge is 2.31. The molecule has 0 saturated heterocycles. The van der Waals surface area contributed by atoms with Crippen LogP contribution in [0.4, 0.5) is 5.69 Å². The van der Waals surface area contributed by atoms with E-state index in [0.29, 0.717) is 30.6 Å². The fourth-order valence-electron chi connectivity index (χ4n) is 3.76. The average Bonchev–Trinajstić information content (AvgIpc) is 3.01. The Balaban J connectivity index is 1.96. The molecule has 0 bridgehead atoms. The molecular formula is C20H16N2O5. The predicted octanol–water partition coefficient (Wildman–Crippen LogP) is 2.63. The van der Waals surface area contributed by atoms with Crippen molar-refractivity contribution in [3.63, 3.8) is 0 Å². The molecular weight excluding hydrogens is 348 g/mol. The molecule has 2 N–H and O–H groups in total. The van der Waals surface area contributed by atoms with Crippen LogP contribution >= 0.6 is 0 Å². The minimum atomic E-state index is -1.62. The Hall–Kier alpha value is -3.61. The molecule has 0 spiro atoms. The first-order valence-corrected chi connectivity index (χ1v) is 8.45. The van der Waals surface area contributed by atoms with Gasteiger partial charge in [-0.05, 0) is 30.2 Å². The van der Waals surface area contributed by atoms with Crippen molar-refractivity contribution in [2.75, 3.05) is 11.4 Å². The van der Waals surface area contributed by atoms with Crippen molar-refractivity contribution in [3.8, 4) is 0 Å². The second-order valence-electron chi connectivity index (χ2n) is 6.38. The number of fused-ring (bicyclic) bond motifs is 3. The van der Waals surface area contributed by atoms with Gasteiger partial charge in [0.2, 0.25) is 0 Å². The molecule has 0 amide bonds. The van der Waals surface area contributed by atoms with Gasteiger partial charge < -0.3 is 15.1 Å². The molecule has 0 atom stereocenters. The highest BCUT2D eigenvalue weighted by atomic mass is 16.4. The zero-order valence-electron chi connectivity index (χ0n) is 14.3. The number of hydrogen-bond acceptors (Lipinski definition) is 4. The summed E-state index contributed by atoms with van der Waals surface area (Å²) in [4.78, 5) is 37.6. The first-order chi connectivity index (χ1) is 13.0. The van der Waals surface area contributed by atoms with Crippen molar-refractivity contribution in [2.24, 2.45) is 0 Å². The van der Waals surface area contributed by atoms with Crippen molar-refractivity contribution in [1.29, 1.82) is 0 Å². The van der Waals surface area contributed by atoms with Gasteiger partial charge in [-0.1, -0.05) is 30.3 Å². The Kier molecular flexibility index (Phi) is 3.92. The lowest BCUT2D eigenvalue weighted by Crippen LogP contribution is -2.33. The van der Waals surface area contributed by atoms with Gasteiger partial charge in [0.25, 0.3) is 0 Å². The van der Waals surface area contributed by atoms with E-state index in [0.717, 1.165) is 15.8 Å². The third-order valence-electron chi connectivity index (χ3n) is 4.91. The van der Waals surface area contributed by atoms with Crippen molar-refractivity contribution in [3.05, 3.63) is 65.4 Å². The Morgan fingerprint density at radius 2 is 1.67 bits per heavy atom. The summed E-state index contributed by atoms with van der Waals surface area (Å²) in [6, 6.07) is 14.4. The summed E-state index contributed by atoms with van der Waals surface area (Å²) in [5.74, 6) is -3.97. The molecule has 1 aliphatic heterocycles. The number of hydrogen-bond donors (Lipinski definition) is 2. The summed E-state index contributed by atoms with van der Waals surface area (Å²) in [6.45, 7) is 1.01. The van der Waals surface area contributed by atoms with Gasteiger partial charge in [-0.3, -0.25) is 9.36 Å². The van der Waals surface area contributed by atoms with E-state index in [1.54, 1.807) is 12.1 Å². The van der Waals surface area contributed by atoms with Gasteiger partial charge in [0.15, 0.2) is 0 Å². The number of aromatic nitrogens is 1. The zero-order valence-corrected chi connectivity index (χ0v) is 14.3. The van der Waals surface area contributed by atoms with E-state index < -0.39 is 17.8 Å². The average molecular weight is 364 g/mol. The summed E-state index contributed by atoms with van der Waals surface area (Å²) in [7, 11) is 0. The predicted molar refractivity (Wildman–Crippen MR) is 98.4 cm³/mol. The van der Waals surface area contributed by atoms with Gasteiger partial charge in [0.05, 0.1) is 17.6 Å². The van der Waals surface area contributed by atoms with Gasteiger partial charge >= 0.3 is 17.8 Å². The van der Waals surface area contributed by atoms with Gasteiger partial charge in [-0.2, -0.15) is 0 Å². The first-order valence-electron chi connectivity index (χ1n) is 8.45. The quantitative estimate of drug-likeness (QED) is 0.678. The minimum Gasteiger partial charge on any atom is -0.478 e. The van der Waals surface area contributed by atoms with Crippen LogP contribution in [-0.4, -0.2) is 39.2 Å². The van der Waals surface area contributed by atoms with Crippen molar-refractivity contribution in [2.45, 2.75) is 13.0 Å². The molecule has 7 heteroatoms. The number of aromatic carboxylic acids is 1. The largest absolute Gasteiger partial charge is 0.478 e. The summed E-state index contributed by atoms with van der Waals surface area (Å²) in [6.07, 6.45) is 0.587. The molecule has 4 rings (SSSR count). The summed E-state index contributed by atoms with van der Waals surface area (Å²) >= 11 is 0. The highest BCUT2D eigenvalue weighted by molar-refractivity contribution is 6.34. The van der Waals surface area contributed by atoms with Crippen LogP contribution in [0.3, 0.4) is 0 Å². The van der Waals surface area contributed by atoms with Gasteiger partial charge in [0.1, 0.15) is 0 Å². The molecule has 3 aromatic rings.